The van der Waals surface area contributed by atoms with Crippen molar-refractivity contribution < 1.29 is 23.7 Å². The van der Waals surface area contributed by atoms with Gasteiger partial charge in [-0.05, 0) is 66.8 Å². The molecule has 0 radical (unpaired) electrons. The molecule has 1 saturated carbocycles. The molecule has 0 amide bonds. The number of hydrogen-bond acceptors (Lipinski definition) is 5. The lowest BCUT2D eigenvalue weighted by atomic mass is 9.76. The highest BCUT2D eigenvalue weighted by molar-refractivity contribution is 6.99. The highest BCUT2D eigenvalue weighted by atomic mass is 28.4. The van der Waals surface area contributed by atoms with Crippen LogP contribution in [0, 0.1) is 11.8 Å². The second-order valence-electron chi connectivity index (χ2n) is 13.5. The molecule has 3 fully saturated rings. The van der Waals surface area contributed by atoms with Gasteiger partial charge in [0.25, 0.3) is 8.32 Å². The lowest BCUT2D eigenvalue weighted by Crippen LogP contribution is -2.66. The van der Waals surface area contributed by atoms with Gasteiger partial charge in [0.2, 0.25) is 0 Å². The minimum atomic E-state index is -2.56. The molecule has 39 heavy (non-hydrogen) atoms. The zero-order chi connectivity index (χ0) is 27.8. The fraction of sp³-hybridized carbons (Fsp3) is 0.636. The van der Waals surface area contributed by atoms with Gasteiger partial charge in [-0.25, -0.2) is 0 Å². The largest absolute Gasteiger partial charge is 0.407 e. The van der Waals surface area contributed by atoms with Crippen LogP contribution in [-0.4, -0.2) is 56.3 Å². The normalized spacial score (nSPS) is 32.4. The van der Waals surface area contributed by atoms with Gasteiger partial charge in [-0.15, -0.1) is 0 Å². The zero-order valence-electron chi connectivity index (χ0n) is 24.6. The van der Waals surface area contributed by atoms with Gasteiger partial charge in [-0.1, -0.05) is 88.4 Å². The van der Waals surface area contributed by atoms with Crippen LogP contribution in [0.5, 0.6) is 0 Å². The first-order valence-corrected chi connectivity index (χ1v) is 16.9. The van der Waals surface area contributed by atoms with Crippen molar-refractivity contribution in [2.24, 2.45) is 11.8 Å². The zero-order valence-corrected chi connectivity index (χ0v) is 25.6. The minimum Gasteiger partial charge on any atom is -0.407 e. The summed E-state index contributed by atoms with van der Waals surface area (Å²) in [7, 11) is -2.56. The van der Waals surface area contributed by atoms with E-state index in [2.05, 4.69) is 88.4 Å². The van der Waals surface area contributed by atoms with Gasteiger partial charge in [-0.2, -0.15) is 0 Å². The number of aliphatic hydroxyl groups is 1. The summed E-state index contributed by atoms with van der Waals surface area (Å²) in [4.78, 5) is 0. The Bertz CT molecular complexity index is 1030. The maximum atomic E-state index is 10.4. The summed E-state index contributed by atoms with van der Waals surface area (Å²) in [5.74, 6) is 0.366. The van der Waals surface area contributed by atoms with Crippen molar-refractivity contribution in [2.45, 2.75) is 115 Å². The number of hydrogen-bond donors (Lipinski definition) is 1. The second kappa shape index (κ2) is 11.4. The first-order chi connectivity index (χ1) is 18.5. The molecule has 3 unspecified atom stereocenters. The molecule has 1 aliphatic carbocycles. The topological polar surface area (TPSA) is 60.5 Å². The monoisotopic (exact) mass is 552 g/mol. The van der Waals surface area contributed by atoms with Crippen LogP contribution in [0.15, 0.2) is 60.7 Å². The Morgan fingerprint density at radius 2 is 1.41 bits per heavy atom. The molecule has 5 rings (SSSR count). The Hall–Kier alpha value is -1.54. The smallest absolute Gasteiger partial charge is 0.261 e. The van der Waals surface area contributed by atoms with E-state index in [1.807, 2.05) is 13.8 Å². The van der Waals surface area contributed by atoms with E-state index in [4.69, 9.17) is 18.6 Å². The van der Waals surface area contributed by atoms with Crippen LogP contribution in [0.1, 0.15) is 73.6 Å². The van der Waals surface area contributed by atoms with Crippen LogP contribution in [0.25, 0.3) is 0 Å². The molecular weight excluding hydrogens is 504 g/mol. The van der Waals surface area contributed by atoms with Gasteiger partial charge in [0.15, 0.2) is 5.79 Å². The average molecular weight is 553 g/mol. The predicted molar refractivity (Wildman–Crippen MR) is 158 cm³/mol. The van der Waals surface area contributed by atoms with Crippen LogP contribution >= 0.6 is 0 Å². The Labute approximate surface area is 236 Å². The molecule has 2 saturated heterocycles. The summed E-state index contributed by atoms with van der Waals surface area (Å²) in [6.45, 7) is 14.0. The molecule has 5 nitrogen and oxygen atoms in total. The van der Waals surface area contributed by atoms with Crippen molar-refractivity contribution in [1.29, 1.82) is 0 Å². The van der Waals surface area contributed by atoms with E-state index in [0.29, 0.717) is 18.4 Å². The van der Waals surface area contributed by atoms with E-state index in [1.54, 1.807) is 0 Å². The third-order valence-electron chi connectivity index (χ3n) is 9.21. The van der Waals surface area contributed by atoms with Crippen molar-refractivity contribution in [1.82, 2.24) is 0 Å². The standard InChI is InChI=1S/C33H48O5Si/c1-23-24(21-29(34)31-30(23)36-31)17-18-25-22-26(38-33(5,6)37-25)19-20-35-39(32(2,3)4,27-13-9-7-10-14-27)28-15-11-8-12-16-28/h7-16,23-26,29-31,34H,17-22H2,1-6H3/t23-,24-,25-,26+,29?,30?,31?/m1/s1. The number of epoxide rings is 1. The highest BCUT2D eigenvalue weighted by Gasteiger charge is 2.54. The van der Waals surface area contributed by atoms with E-state index in [1.165, 1.54) is 10.4 Å². The first-order valence-electron chi connectivity index (χ1n) is 14.9. The Morgan fingerprint density at radius 3 is 1.97 bits per heavy atom. The molecule has 0 spiro atoms. The third kappa shape index (κ3) is 6.21. The van der Waals surface area contributed by atoms with Crippen molar-refractivity contribution in [3.05, 3.63) is 60.7 Å². The molecule has 6 heteroatoms. The van der Waals surface area contributed by atoms with Crippen molar-refractivity contribution in [3.8, 4) is 0 Å². The molecule has 214 valence electrons. The summed E-state index contributed by atoms with van der Waals surface area (Å²) >= 11 is 0. The molecule has 1 N–H and O–H groups in total. The van der Waals surface area contributed by atoms with Gasteiger partial charge in [0.1, 0.15) is 6.10 Å². The molecule has 2 heterocycles. The van der Waals surface area contributed by atoms with Crippen LogP contribution in [0.3, 0.4) is 0 Å². The minimum absolute atomic E-state index is 0.0421. The van der Waals surface area contributed by atoms with Crippen molar-refractivity contribution in [2.75, 3.05) is 6.61 Å². The summed E-state index contributed by atoms with van der Waals surface area (Å²) in [6.07, 6.45) is 4.83. The molecule has 2 aromatic carbocycles. The quantitative estimate of drug-likeness (QED) is 0.332. The fourth-order valence-corrected chi connectivity index (χ4v) is 11.8. The van der Waals surface area contributed by atoms with Gasteiger partial charge in [-0.3, -0.25) is 0 Å². The number of fused-ring (bicyclic) bond motifs is 1. The van der Waals surface area contributed by atoms with Gasteiger partial charge >= 0.3 is 0 Å². The van der Waals surface area contributed by atoms with E-state index in [-0.39, 0.29) is 35.6 Å². The van der Waals surface area contributed by atoms with Crippen molar-refractivity contribution in [3.63, 3.8) is 0 Å². The summed E-state index contributed by atoms with van der Waals surface area (Å²) in [5, 5.41) is 12.9. The molecule has 2 aliphatic heterocycles. The van der Waals surface area contributed by atoms with Crippen LogP contribution in [0.4, 0.5) is 0 Å². The third-order valence-corrected chi connectivity index (χ3v) is 14.3. The van der Waals surface area contributed by atoms with E-state index >= 15 is 0 Å². The van der Waals surface area contributed by atoms with Crippen LogP contribution in [0.2, 0.25) is 5.04 Å². The summed E-state index contributed by atoms with van der Waals surface area (Å²) < 4.78 is 25.7. The molecular formula is C33H48O5Si. The van der Waals surface area contributed by atoms with Crippen LogP contribution < -0.4 is 10.4 Å². The van der Waals surface area contributed by atoms with E-state index in [0.717, 1.165) is 32.1 Å². The predicted octanol–water partition coefficient (Wildman–Crippen LogP) is 5.43. The molecule has 7 atom stereocenters. The number of rotatable bonds is 9. The van der Waals surface area contributed by atoms with Crippen molar-refractivity contribution >= 4 is 18.7 Å². The van der Waals surface area contributed by atoms with Gasteiger partial charge < -0.3 is 23.7 Å². The van der Waals surface area contributed by atoms with Crippen LogP contribution in [-0.2, 0) is 18.6 Å². The fourth-order valence-electron chi connectivity index (χ4n) is 7.26. The van der Waals surface area contributed by atoms with Gasteiger partial charge in [0.05, 0.1) is 24.4 Å². The Balaban J connectivity index is 1.26. The maximum absolute atomic E-state index is 10.4. The number of benzene rings is 2. The van der Waals surface area contributed by atoms with Gasteiger partial charge in [0, 0.05) is 13.0 Å². The lowest BCUT2D eigenvalue weighted by Gasteiger charge is -2.44. The molecule has 2 aromatic rings. The van der Waals surface area contributed by atoms with E-state index < -0.39 is 14.1 Å². The average Bonchev–Trinajstić information content (AvgIpc) is 3.70. The SMILES string of the molecule is C[C@H]1C2OC2C(O)C[C@H]1CC[C@@H]1C[C@H](CCO[Si](c2ccccc2)(c2ccccc2)C(C)(C)C)OC(C)(C)O1. The lowest BCUT2D eigenvalue weighted by molar-refractivity contribution is -0.302. The second-order valence-corrected chi connectivity index (χ2v) is 17.8. The number of ether oxygens (including phenoxy) is 3. The highest BCUT2D eigenvalue weighted by Crippen LogP contribution is 2.46. The number of aliphatic hydroxyl groups excluding tert-OH is 1. The molecule has 0 bridgehead atoms. The maximum Gasteiger partial charge on any atom is 0.261 e. The Kier molecular flexibility index (Phi) is 8.45. The Morgan fingerprint density at radius 1 is 0.846 bits per heavy atom. The summed E-state index contributed by atoms with van der Waals surface area (Å²) in [5.41, 5.74) is 0. The van der Waals surface area contributed by atoms with E-state index in [9.17, 15) is 5.11 Å². The first kappa shape index (κ1) is 29.0. The molecule has 3 aliphatic rings. The summed E-state index contributed by atoms with van der Waals surface area (Å²) in [6, 6.07) is 21.7. The molecule has 0 aromatic heterocycles.